The summed E-state index contributed by atoms with van der Waals surface area (Å²) in [5.41, 5.74) is 2.53. The molecule has 6 atom stereocenters. The highest BCUT2D eigenvalue weighted by molar-refractivity contribution is 6.36. The monoisotopic (exact) mass is 535 g/mol. The van der Waals surface area contributed by atoms with Gasteiger partial charge in [-0.25, -0.2) is 8.78 Å². The average Bonchev–Trinajstić information content (AvgIpc) is 2.95. The number of benzene rings is 2. The summed E-state index contributed by atoms with van der Waals surface area (Å²) in [4.78, 5) is 13.1. The summed E-state index contributed by atoms with van der Waals surface area (Å²) in [5, 5.41) is 4.36. The van der Waals surface area contributed by atoms with Gasteiger partial charge in [0, 0.05) is 27.7 Å². The number of hydrogen-bond acceptors (Lipinski definition) is 1. The van der Waals surface area contributed by atoms with E-state index in [4.69, 9.17) is 23.2 Å². The highest BCUT2D eigenvalue weighted by Crippen LogP contribution is 2.47. The molecule has 2 bridgehead atoms. The number of fused-ring (bicyclic) bond motifs is 6. The number of rotatable bonds is 6. The SMILES string of the molecule is CCc1cc(Cl)c(CC2CCC3CCC(CC2C)CC3C(C)C(=O)Nc2ccc(F)c(F)c2)c(Cl)c1. The minimum Gasteiger partial charge on any atom is -0.326 e. The van der Waals surface area contributed by atoms with Gasteiger partial charge in [-0.05, 0) is 110 Å². The maximum absolute atomic E-state index is 13.6. The predicted molar refractivity (Wildman–Crippen MR) is 145 cm³/mol. The van der Waals surface area contributed by atoms with Gasteiger partial charge in [0.1, 0.15) is 0 Å². The number of halogens is 4. The Labute approximate surface area is 224 Å². The maximum Gasteiger partial charge on any atom is 0.227 e. The lowest BCUT2D eigenvalue weighted by Crippen LogP contribution is -2.35. The Morgan fingerprint density at radius 2 is 1.72 bits per heavy atom. The number of anilines is 1. The second kappa shape index (κ2) is 11.8. The number of amides is 1. The van der Waals surface area contributed by atoms with Crippen molar-refractivity contribution >= 4 is 34.8 Å². The smallest absolute Gasteiger partial charge is 0.227 e. The molecule has 6 unspecified atom stereocenters. The third-order valence-corrected chi connectivity index (χ3v) is 9.57. The van der Waals surface area contributed by atoms with Crippen molar-refractivity contribution in [1.82, 2.24) is 0 Å². The Hall–Kier alpha value is -1.65. The van der Waals surface area contributed by atoms with Crippen molar-refractivity contribution in [3.05, 3.63) is 63.1 Å². The van der Waals surface area contributed by atoms with Gasteiger partial charge in [0.15, 0.2) is 11.6 Å². The standard InChI is InChI=1S/C30H37Cl2F2NO/c1-4-19-13-26(31)25(27(32)14-19)15-22-8-7-21-6-5-20(11-17(22)2)12-24(21)18(3)30(36)35-23-9-10-28(33)29(34)16-23/h9-10,13-14,16-18,20-22,24H,4-8,11-12,15H2,1-3H3,(H,35,36). The van der Waals surface area contributed by atoms with Gasteiger partial charge in [0.25, 0.3) is 0 Å². The molecule has 2 aromatic carbocycles. The van der Waals surface area contributed by atoms with Crippen LogP contribution in [0.3, 0.4) is 0 Å². The lowest BCUT2D eigenvalue weighted by Gasteiger charge is -2.38. The molecule has 5 rings (SSSR count). The third kappa shape index (κ3) is 6.25. The van der Waals surface area contributed by atoms with Gasteiger partial charge in [0.05, 0.1) is 0 Å². The molecule has 1 N–H and O–H groups in total. The molecule has 0 radical (unpaired) electrons. The molecule has 0 spiro atoms. The summed E-state index contributed by atoms with van der Waals surface area (Å²) in [5.74, 6) is 0.238. The number of carbonyl (C=O) groups excluding carboxylic acids is 1. The normalized spacial score (nSPS) is 27.1. The summed E-state index contributed by atoms with van der Waals surface area (Å²) in [6.07, 6.45) is 8.51. The molecule has 0 aromatic heterocycles. The van der Waals surface area contributed by atoms with Crippen LogP contribution in [0.2, 0.25) is 10.0 Å². The molecule has 3 aliphatic rings. The largest absolute Gasteiger partial charge is 0.326 e. The van der Waals surface area contributed by atoms with Crippen LogP contribution in [-0.2, 0) is 17.6 Å². The van der Waals surface area contributed by atoms with Gasteiger partial charge in [-0.15, -0.1) is 0 Å². The number of aryl methyl sites for hydroxylation is 1. The quantitative estimate of drug-likeness (QED) is 0.392. The summed E-state index contributed by atoms with van der Waals surface area (Å²) in [6, 6.07) is 7.61. The Morgan fingerprint density at radius 1 is 1.03 bits per heavy atom. The number of hydrogen-bond donors (Lipinski definition) is 1. The molecule has 3 aliphatic carbocycles. The van der Waals surface area contributed by atoms with Crippen LogP contribution in [0.4, 0.5) is 14.5 Å². The van der Waals surface area contributed by atoms with Crippen LogP contribution in [0, 0.1) is 47.1 Å². The van der Waals surface area contributed by atoms with Crippen molar-refractivity contribution in [3.63, 3.8) is 0 Å². The Kier molecular flexibility index (Phi) is 8.99. The summed E-state index contributed by atoms with van der Waals surface area (Å²) in [7, 11) is 0. The molecule has 0 aliphatic heterocycles. The number of nitrogens with one attached hydrogen (secondary N) is 1. The van der Waals surface area contributed by atoms with Crippen LogP contribution in [0.1, 0.15) is 70.4 Å². The first-order chi connectivity index (χ1) is 17.2. The van der Waals surface area contributed by atoms with Crippen molar-refractivity contribution in [2.24, 2.45) is 35.5 Å². The van der Waals surface area contributed by atoms with E-state index < -0.39 is 11.6 Å². The zero-order valence-corrected chi connectivity index (χ0v) is 22.9. The summed E-state index contributed by atoms with van der Waals surface area (Å²) < 4.78 is 26.9. The second-order valence-electron chi connectivity index (χ2n) is 11.2. The fourth-order valence-corrected chi connectivity index (χ4v) is 7.31. The van der Waals surface area contributed by atoms with E-state index in [2.05, 4.69) is 31.3 Å². The van der Waals surface area contributed by atoms with Crippen molar-refractivity contribution in [1.29, 1.82) is 0 Å². The first kappa shape index (κ1) is 27.4. The first-order valence-electron chi connectivity index (χ1n) is 13.4. The Bertz CT molecular complexity index is 1070. The van der Waals surface area contributed by atoms with E-state index in [0.717, 1.165) is 78.3 Å². The number of carbonyl (C=O) groups is 1. The van der Waals surface area contributed by atoms with Crippen molar-refractivity contribution < 1.29 is 13.6 Å². The molecular formula is C30H37Cl2F2NO. The Balaban J connectivity index is 1.46. The van der Waals surface area contributed by atoms with E-state index in [-0.39, 0.29) is 17.7 Å². The van der Waals surface area contributed by atoms with Crippen molar-refractivity contribution in [3.8, 4) is 0 Å². The molecule has 3 fully saturated rings. The minimum atomic E-state index is -0.952. The minimum absolute atomic E-state index is 0.116. The van der Waals surface area contributed by atoms with Gasteiger partial charge >= 0.3 is 0 Å². The molecule has 36 heavy (non-hydrogen) atoms. The maximum atomic E-state index is 13.6. The molecule has 3 saturated carbocycles. The molecular weight excluding hydrogens is 499 g/mol. The molecule has 2 aromatic rings. The van der Waals surface area contributed by atoms with E-state index in [1.807, 2.05) is 6.92 Å². The third-order valence-electron chi connectivity index (χ3n) is 8.89. The van der Waals surface area contributed by atoms with Crippen LogP contribution in [0.25, 0.3) is 0 Å². The van der Waals surface area contributed by atoms with Gasteiger partial charge < -0.3 is 5.32 Å². The van der Waals surface area contributed by atoms with Gasteiger partial charge in [0.2, 0.25) is 5.91 Å². The van der Waals surface area contributed by atoms with Crippen molar-refractivity contribution in [2.45, 2.75) is 72.1 Å². The van der Waals surface area contributed by atoms with Crippen LogP contribution < -0.4 is 5.32 Å². The summed E-state index contributed by atoms with van der Waals surface area (Å²) in [6.45, 7) is 6.45. The van der Waals surface area contributed by atoms with Gasteiger partial charge in [-0.3, -0.25) is 4.79 Å². The topological polar surface area (TPSA) is 29.1 Å². The van der Waals surface area contributed by atoms with E-state index in [9.17, 15) is 13.6 Å². The van der Waals surface area contributed by atoms with Crippen LogP contribution >= 0.6 is 23.2 Å². The zero-order valence-electron chi connectivity index (χ0n) is 21.4. The van der Waals surface area contributed by atoms with Gasteiger partial charge in [-0.1, -0.05) is 50.4 Å². The van der Waals surface area contributed by atoms with Crippen molar-refractivity contribution in [2.75, 3.05) is 5.32 Å². The predicted octanol–water partition coefficient (Wildman–Crippen LogP) is 9.12. The molecule has 0 heterocycles. The average molecular weight is 537 g/mol. The molecule has 196 valence electrons. The highest BCUT2D eigenvalue weighted by atomic mass is 35.5. The van der Waals surface area contributed by atoms with E-state index >= 15 is 0 Å². The lowest BCUT2D eigenvalue weighted by molar-refractivity contribution is -0.122. The molecule has 1 amide bonds. The highest BCUT2D eigenvalue weighted by Gasteiger charge is 2.39. The molecule has 6 heteroatoms. The van der Waals surface area contributed by atoms with Gasteiger partial charge in [-0.2, -0.15) is 0 Å². The van der Waals surface area contributed by atoms with Crippen LogP contribution in [-0.4, -0.2) is 5.91 Å². The van der Waals surface area contributed by atoms with E-state index in [1.165, 1.54) is 12.5 Å². The lowest BCUT2D eigenvalue weighted by atomic mass is 9.67. The fraction of sp³-hybridized carbons (Fsp3) is 0.567. The molecule has 0 saturated heterocycles. The summed E-state index contributed by atoms with van der Waals surface area (Å²) >= 11 is 13.3. The molecule has 2 nitrogen and oxygen atoms in total. The van der Waals surface area contributed by atoms with E-state index in [1.54, 1.807) is 0 Å². The first-order valence-corrected chi connectivity index (χ1v) is 14.1. The zero-order chi connectivity index (χ0) is 26.0. The second-order valence-corrected chi connectivity index (χ2v) is 12.0. The fourth-order valence-electron chi connectivity index (χ4n) is 6.62. The van der Waals surface area contributed by atoms with E-state index in [0.29, 0.717) is 29.4 Å². The van der Waals surface area contributed by atoms with Crippen LogP contribution in [0.5, 0.6) is 0 Å². The Morgan fingerprint density at radius 3 is 2.39 bits per heavy atom. The van der Waals surface area contributed by atoms with Crippen LogP contribution in [0.15, 0.2) is 30.3 Å².